The molecule has 0 aliphatic heterocycles. The Balaban J connectivity index is 2.59. The van der Waals surface area contributed by atoms with Crippen molar-refractivity contribution in [3.63, 3.8) is 0 Å². The van der Waals surface area contributed by atoms with Crippen LogP contribution >= 0.6 is 22.6 Å². The zero-order valence-corrected chi connectivity index (χ0v) is 10.4. The highest BCUT2D eigenvalue weighted by molar-refractivity contribution is 14.1. The standard InChI is InChI=1S/C11H13IO2/c1-8(12)11(13)14-9(2)10-6-4-3-5-7-10/h3-9H,1-2H3. The number of benzene rings is 1. The van der Waals surface area contributed by atoms with Crippen LogP contribution in [0, 0.1) is 0 Å². The summed E-state index contributed by atoms with van der Waals surface area (Å²) >= 11 is 2.05. The first-order chi connectivity index (χ1) is 6.61. The summed E-state index contributed by atoms with van der Waals surface area (Å²) in [5, 5.41) is 0. The topological polar surface area (TPSA) is 26.3 Å². The van der Waals surface area contributed by atoms with E-state index >= 15 is 0 Å². The first-order valence-corrected chi connectivity index (χ1v) is 5.75. The SMILES string of the molecule is CC(I)C(=O)OC(C)c1ccccc1. The van der Waals surface area contributed by atoms with Crippen molar-refractivity contribution in [3.05, 3.63) is 35.9 Å². The zero-order valence-electron chi connectivity index (χ0n) is 8.24. The van der Waals surface area contributed by atoms with E-state index in [9.17, 15) is 4.79 Å². The summed E-state index contributed by atoms with van der Waals surface area (Å²) in [4.78, 5) is 11.3. The highest BCUT2D eigenvalue weighted by Crippen LogP contribution is 2.17. The second-order valence-electron chi connectivity index (χ2n) is 3.11. The summed E-state index contributed by atoms with van der Waals surface area (Å²) in [6.45, 7) is 3.70. The number of hydrogen-bond acceptors (Lipinski definition) is 2. The fraction of sp³-hybridized carbons (Fsp3) is 0.364. The van der Waals surface area contributed by atoms with Crippen LogP contribution in [-0.4, -0.2) is 9.89 Å². The van der Waals surface area contributed by atoms with Crippen LogP contribution in [0.3, 0.4) is 0 Å². The van der Waals surface area contributed by atoms with Crippen molar-refractivity contribution in [1.82, 2.24) is 0 Å². The van der Waals surface area contributed by atoms with Gasteiger partial charge in [0.25, 0.3) is 0 Å². The van der Waals surface area contributed by atoms with E-state index in [0.717, 1.165) is 5.56 Å². The van der Waals surface area contributed by atoms with Crippen LogP contribution in [0.5, 0.6) is 0 Å². The van der Waals surface area contributed by atoms with Gasteiger partial charge in [-0.05, 0) is 19.4 Å². The first-order valence-electron chi connectivity index (χ1n) is 4.50. The molecule has 0 radical (unpaired) electrons. The van der Waals surface area contributed by atoms with Crippen molar-refractivity contribution in [1.29, 1.82) is 0 Å². The number of hydrogen-bond donors (Lipinski definition) is 0. The molecule has 0 amide bonds. The van der Waals surface area contributed by atoms with Crippen molar-refractivity contribution in [3.8, 4) is 0 Å². The van der Waals surface area contributed by atoms with Crippen LogP contribution in [0.2, 0.25) is 0 Å². The summed E-state index contributed by atoms with van der Waals surface area (Å²) in [7, 11) is 0. The molecular formula is C11H13IO2. The second-order valence-corrected chi connectivity index (χ2v) is 4.97. The van der Waals surface area contributed by atoms with Gasteiger partial charge in [0.05, 0.1) is 0 Å². The highest BCUT2D eigenvalue weighted by atomic mass is 127. The van der Waals surface area contributed by atoms with Gasteiger partial charge in [-0.2, -0.15) is 0 Å². The van der Waals surface area contributed by atoms with E-state index in [2.05, 4.69) is 0 Å². The lowest BCUT2D eigenvalue weighted by molar-refractivity contribution is -0.147. The molecule has 2 unspecified atom stereocenters. The molecule has 2 nitrogen and oxygen atoms in total. The molecule has 3 heteroatoms. The van der Waals surface area contributed by atoms with E-state index in [4.69, 9.17) is 4.74 Å². The Kier molecular flexibility index (Phi) is 4.38. The smallest absolute Gasteiger partial charge is 0.319 e. The molecular weight excluding hydrogens is 291 g/mol. The van der Waals surface area contributed by atoms with Crippen LogP contribution in [0.25, 0.3) is 0 Å². The van der Waals surface area contributed by atoms with E-state index in [1.54, 1.807) is 0 Å². The van der Waals surface area contributed by atoms with Gasteiger partial charge in [-0.3, -0.25) is 4.79 Å². The second kappa shape index (κ2) is 5.34. The Hall–Kier alpha value is -0.580. The van der Waals surface area contributed by atoms with Gasteiger partial charge in [-0.25, -0.2) is 0 Å². The molecule has 0 aromatic heterocycles. The fourth-order valence-electron chi connectivity index (χ4n) is 1.06. The summed E-state index contributed by atoms with van der Waals surface area (Å²) in [6, 6.07) is 9.73. The van der Waals surface area contributed by atoms with E-state index < -0.39 is 0 Å². The number of esters is 1. The lowest BCUT2D eigenvalue weighted by Gasteiger charge is -2.14. The largest absolute Gasteiger partial charge is 0.457 e. The summed E-state index contributed by atoms with van der Waals surface area (Å²) in [5.74, 6) is -0.165. The van der Waals surface area contributed by atoms with E-state index in [0.29, 0.717) is 0 Å². The Morgan fingerprint density at radius 3 is 2.36 bits per heavy atom. The minimum atomic E-state index is -0.166. The van der Waals surface area contributed by atoms with Gasteiger partial charge in [-0.1, -0.05) is 52.9 Å². The molecule has 0 saturated heterocycles. The molecule has 0 aliphatic carbocycles. The Morgan fingerprint density at radius 2 is 1.86 bits per heavy atom. The molecule has 14 heavy (non-hydrogen) atoms. The van der Waals surface area contributed by atoms with Crippen LogP contribution in [0.4, 0.5) is 0 Å². The number of alkyl halides is 1. The van der Waals surface area contributed by atoms with Crippen LogP contribution in [-0.2, 0) is 9.53 Å². The van der Waals surface area contributed by atoms with E-state index in [1.807, 2.05) is 66.8 Å². The average Bonchev–Trinajstić information content (AvgIpc) is 2.19. The number of halogens is 1. The molecule has 0 fully saturated rings. The Bertz CT molecular complexity index is 295. The predicted molar refractivity (Wildman–Crippen MR) is 64.4 cm³/mol. The average molecular weight is 304 g/mol. The molecule has 1 rings (SSSR count). The third kappa shape index (κ3) is 3.29. The third-order valence-electron chi connectivity index (χ3n) is 1.89. The minimum Gasteiger partial charge on any atom is -0.457 e. The number of ether oxygens (including phenoxy) is 1. The monoisotopic (exact) mass is 304 g/mol. The fourth-order valence-corrected chi connectivity index (χ4v) is 1.21. The highest BCUT2D eigenvalue weighted by Gasteiger charge is 2.14. The Labute approximate surface area is 97.8 Å². The normalized spacial score (nSPS) is 14.5. The molecule has 76 valence electrons. The number of rotatable bonds is 3. The maximum atomic E-state index is 11.3. The molecule has 0 bridgehead atoms. The number of carbonyl (C=O) groups is 1. The summed E-state index contributed by atoms with van der Waals surface area (Å²) in [6.07, 6.45) is -0.166. The van der Waals surface area contributed by atoms with Gasteiger partial charge in [-0.15, -0.1) is 0 Å². The molecule has 0 saturated carbocycles. The van der Waals surface area contributed by atoms with Crippen molar-refractivity contribution >= 4 is 28.6 Å². The van der Waals surface area contributed by atoms with Crippen LogP contribution in [0.1, 0.15) is 25.5 Å². The third-order valence-corrected chi connectivity index (χ3v) is 2.40. The van der Waals surface area contributed by atoms with Gasteiger partial charge < -0.3 is 4.74 Å². The van der Waals surface area contributed by atoms with Gasteiger partial charge in [0, 0.05) is 0 Å². The van der Waals surface area contributed by atoms with Crippen LogP contribution in [0.15, 0.2) is 30.3 Å². The van der Waals surface area contributed by atoms with E-state index in [-0.39, 0.29) is 16.0 Å². The van der Waals surface area contributed by atoms with Gasteiger partial charge >= 0.3 is 5.97 Å². The van der Waals surface area contributed by atoms with Crippen molar-refractivity contribution in [2.24, 2.45) is 0 Å². The van der Waals surface area contributed by atoms with Crippen molar-refractivity contribution in [2.45, 2.75) is 23.9 Å². The zero-order chi connectivity index (χ0) is 10.6. The molecule has 0 spiro atoms. The first kappa shape index (κ1) is 11.5. The quantitative estimate of drug-likeness (QED) is 0.487. The lowest BCUT2D eigenvalue weighted by Crippen LogP contribution is -2.16. The van der Waals surface area contributed by atoms with Gasteiger partial charge in [0.15, 0.2) is 0 Å². The maximum absolute atomic E-state index is 11.3. The molecule has 1 aromatic carbocycles. The summed E-state index contributed by atoms with van der Waals surface area (Å²) < 4.78 is 5.15. The van der Waals surface area contributed by atoms with Crippen molar-refractivity contribution in [2.75, 3.05) is 0 Å². The van der Waals surface area contributed by atoms with Crippen LogP contribution < -0.4 is 0 Å². The molecule has 0 N–H and O–H groups in total. The van der Waals surface area contributed by atoms with E-state index in [1.165, 1.54) is 0 Å². The minimum absolute atomic E-state index is 0.0984. The lowest BCUT2D eigenvalue weighted by atomic mass is 10.1. The predicted octanol–water partition coefficient (Wildman–Crippen LogP) is 3.11. The molecule has 2 atom stereocenters. The maximum Gasteiger partial charge on any atom is 0.319 e. The van der Waals surface area contributed by atoms with Gasteiger partial charge in [0.2, 0.25) is 0 Å². The Morgan fingerprint density at radius 1 is 1.29 bits per heavy atom. The molecule has 1 aromatic rings. The molecule has 0 heterocycles. The van der Waals surface area contributed by atoms with Gasteiger partial charge in [0.1, 0.15) is 10.0 Å². The van der Waals surface area contributed by atoms with Crippen molar-refractivity contribution < 1.29 is 9.53 Å². The molecule has 0 aliphatic rings. The summed E-state index contributed by atoms with van der Waals surface area (Å²) in [5.41, 5.74) is 1.03. The number of carbonyl (C=O) groups excluding carboxylic acids is 1.